The van der Waals surface area contributed by atoms with E-state index in [9.17, 15) is 17.2 Å². The minimum Gasteiger partial charge on any atom is -0.274 e. The summed E-state index contributed by atoms with van der Waals surface area (Å²) in [5, 5.41) is 0. The Morgan fingerprint density at radius 1 is 0.950 bits per heavy atom. The molecule has 0 aliphatic rings. The van der Waals surface area contributed by atoms with Crippen molar-refractivity contribution in [3.8, 4) is 0 Å². The first-order chi connectivity index (χ1) is 9.33. The standard InChI is InChI=1S/C14H13F2NO2S/c1-9-5-3-4-6-12(9)20(18,19)17-14-11(15)8-7-10(2)13(14)16/h3-8,17H,1-2H3. The number of sulfonamides is 1. The summed E-state index contributed by atoms with van der Waals surface area (Å²) >= 11 is 0. The van der Waals surface area contributed by atoms with Crippen molar-refractivity contribution in [3.05, 3.63) is 59.2 Å². The fourth-order valence-electron chi connectivity index (χ4n) is 1.80. The summed E-state index contributed by atoms with van der Waals surface area (Å²) in [4.78, 5) is -0.0136. The van der Waals surface area contributed by atoms with Crippen LogP contribution in [0.4, 0.5) is 14.5 Å². The zero-order valence-electron chi connectivity index (χ0n) is 10.9. The Morgan fingerprint density at radius 2 is 1.60 bits per heavy atom. The Bertz CT molecular complexity index is 758. The quantitative estimate of drug-likeness (QED) is 0.944. The fourth-order valence-corrected chi connectivity index (χ4v) is 3.11. The zero-order valence-corrected chi connectivity index (χ0v) is 11.8. The minimum absolute atomic E-state index is 0.0136. The molecule has 0 saturated heterocycles. The van der Waals surface area contributed by atoms with Gasteiger partial charge in [0.1, 0.15) is 11.5 Å². The van der Waals surface area contributed by atoms with E-state index >= 15 is 0 Å². The summed E-state index contributed by atoms with van der Waals surface area (Å²) in [5.74, 6) is -1.87. The number of nitrogens with one attached hydrogen (secondary N) is 1. The van der Waals surface area contributed by atoms with E-state index < -0.39 is 27.3 Å². The third-order valence-electron chi connectivity index (χ3n) is 2.90. The Kier molecular flexibility index (Phi) is 3.76. The maximum absolute atomic E-state index is 13.8. The maximum Gasteiger partial charge on any atom is 0.262 e. The van der Waals surface area contributed by atoms with Crippen molar-refractivity contribution in [1.82, 2.24) is 0 Å². The van der Waals surface area contributed by atoms with Gasteiger partial charge in [0.25, 0.3) is 10.0 Å². The largest absolute Gasteiger partial charge is 0.274 e. The van der Waals surface area contributed by atoms with E-state index in [0.29, 0.717) is 5.56 Å². The second-order valence-electron chi connectivity index (χ2n) is 4.42. The van der Waals surface area contributed by atoms with Gasteiger partial charge in [-0.25, -0.2) is 17.2 Å². The van der Waals surface area contributed by atoms with Crippen molar-refractivity contribution in [2.45, 2.75) is 18.7 Å². The maximum atomic E-state index is 13.8. The first-order valence-electron chi connectivity index (χ1n) is 5.86. The van der Waals surface area contributed by atoms with Crippen LogP contribution >= 0.6 is 0 Å². The van der Waals surface area contributed by atoms with Crippen LogP contribution in [0.1, 0.15) is 11.1 Å². The summed E-state index contributed by atoms with van der Waals surface area (Å²) in [7, 11) is -4.04. The van der Waals surface area contributed by atoms with E-state index in [4.69, 9.17) is 0 Å². The molecule has 2 aromatic carbocycles. The van der Waals surface area contributed by atoms with E-state index in [2.05, 4.69) is 0 Å². The lowest BCUT2D eigenvalue weighted by molar-refractivity contribution is 0.578. The van der Waals surface area contributed by atoms with Gasteiger partial charge in [-0.1, -0.05) is 24.3 Å². The molecule has 0 aromatic heterocycles. The first kappa shape index (κ1) is 14.5. The van der Waals surface area contributed by atoms with Gasteiger partial charge < -0.3 is 0 Å². The molecule has 20 heavy (non-hydrogen) atoms. The summed E-state index contributed by atoms with van der Waals surface area (Å²) in [5.41, 5.74) is -0.00407. The molecule has 0 heterocycles. The molecule has 0 spiro atoms. The minimum atomic E-state index is -4.04. The average Bonchev–Trinajstić information content (AvgIpc) is 2.39. The lowest BCUT2D eigenvalue weighted by Crippen LogP contribution is -2.16. The van der Waals surface area contributed by atoms with Crippen LogP contribution in [-0.4, -0.2) is 8.42 Å². The van der Waals surface area contributed by atoms with Crippen LogP contribution in [0.2, 0.25) is 0 Å². The van der Waals surface area contributed by atoms with Crippen LogP contribution in [-0.2, 0) is 10.0 Å². The van der Waals surface area contributed by atoms with Crippen molar-refractivity contribution in [3.63, 3.8) is 0 Å². The molecule has 106 valence electrons. The fraction of sp³-hybridized carbons (Fsp3) is 0.143. The lowest BCUT2D eigenvalue weighted by Gasteiger charge is -2.12. The van der Waals surface area contributed by atoms with Gasteiger partial charge in [0.15, 0.2) is 5.82 Å². The van der Waals surface area contributed by atoms with Crippen LogP contribution in [0.3, 0.4) is 0 Å². The third kappa shape index (κ3) is 2.65. The molecule has 0 unspecified atom stereocenters. The van der Waals surface area contributed by atoms with Gasteiger partial charge in [-0.3, -0.25) is 4.72 Å². The van der Waals surface area contributed by atoms with Crippen LogP contribution in [0.25, 0.3) is 0 Å². The van der Waals surface area contributed by atoms with Crippen LogP contribution in [0, 0.1) is 25.5 Å². The van der Waals surface area contributed by atoms with Gasteiger partial charge in [0, 0.05) is 0 Å². The van der Waals surface area contributed by atoms with E-state index in [1.165, 1.54) is 19.1 Å². The second kappa shape index (κ2) is 5.20. The van der Waals surface area contributed by atoms with Gasteiger partial charge in [-0.15, -0.1) is 0 Å². The molecule has 2 aromatic rings. The molecular formula is C14H13F2NO2S. The van der Waals surface area contributed by atoms with Crippen molar-refractivity contribution < 1.29 is 17.2 Å². The third-order valence-corrected chi connectivity index (χ3v) is 4.41. The van der Waals surface area contributed by atoms with Crippen molar-refractivity contribution in [1.29, 1.82) is 0 Å². The topological polar surface area (TPSA) is 46.2 Å². The predicted molar refractivity (Wildman–Crippen MR) is 73.1 cm³/mol. The van der Waals surface area contributed by atoms with E-state index in [1.807, 2.05) is 4.72 Å². The Balaban J connectivity index is 2.50. The lowest BCUT2D eigenvalue weighted by atomic mass is 10.2. The van der Waals surface area contributed by atoms with E-state index in [1.54, 1.807) is 25.1 Å². The number of benzene rings is 2. The molecule has 0 radical (unpaired) electrons. The number of anilines is 1. The summed E-state index contributed by atoms with van der Waals surface area (Å²) in [6, 6.07) is 8.48. The second-order valence-corrected chi connectivity index (χ2v) is 6.08. The first-order valence-corrected chi connectivity index (χ1v) is 7.34. The highest BCUT2D eigenvalue weighted by molar-refractivity contribution is 7.92. The highest BCUT2D eigenvalue weighted by atomic mass is 32.2. The number of halogens is 2. The Hall–Kier alpha value is -1.95. The SMILES string of the molecule is Cc1ccccc1S(=O)(=O)Nc1c(F)ccc(C)c1F. The highest BCUT2D eigenvalue weighted by Crippen LogP contribution is 2.25. The van der Waals surface area contributed by atoms with Gasteiger partial charge in [0.2, 0.25) is 0 Å². The van der Waals surface area contributed by atoms with Crippen LogP contribution in [0.15, 0.2) is 41.3 Å². The molecule has 0 fully saturated rings. The molecule has 0 aliphatic carbocycles. The normalized spacial score (nSPS) is 11.4. The molecule has 0 amide bonds. The summed E-state index contributed by atoms with van der Waals surface area (Å²) in [6.07, 6.45) is 0. The summed E-state index contributed by atoms with van der Waals surface area (Å²) in [6.45, 7) is 3.04. The number of hydrogen-bond acceptors (Lipinski definition) is 2. The Morgan fingerprint density at radius 3 is 2.25 bits per heavy atom. The van der Waals surface area contributed by atoms with E-state index in [0.717, 1.165) is 6.07 Å². The monoisotopic (exact) mass is 297 g/mol. The average molecular weight is 297 g/mol. The molecule has 6 heteroatoms. The molecule has 1 N–H and O–H groups in total. The van der Waals surface area contributed by atoms with Crippen molar-refractivity contribution in [2.24, 2.45) is 0 Å². The van der Waals surface area contributed by atoms with Crippen molar-refractivity contribution in [2.75, 3.05) is 4.72 Å². The van der Waals surface area contributed by atoms with Gasteiger partial charge in [-0.2, -0.15) is 0 Å². The molecular weight excluding hydrogens is 284 g/mol. The van der Waals surface area contributed by atoms with Crippen molar-refractivity contribution >= 4 is 15.7 Å². The van der Waals surface area contributed by atoms with Gasteiger partial charge in [0.05, 0.1) is 4.90 Å². The highest BCUT2D eigenvalue weighted by Gasteiger charge is 2.21. The van der Waals surface area contributed by atoms with Gasteiger partial charge >= 0.3 is 0 Å². The predicted octanol–water partition coefficient (Wildman–Crippen LogP) is 3.38. The number of rotatable bonds is 3. The number of hydrogen-bond donors (Lipinski definition) is 1. The molecule has 0 bridgehead atoms. The zero-order chi connectivity index (χ0) is 14.9. The molecule has 3 nitrogen and oxygen atoms in total. The molecule has 0 saturated carbocycles. The number of aryl methyl sites for hydroxylation is 2. The smallest absolute Gasteiger partial charge is 0.262 e. The van der Waals surface area contributed by atoms with Crippen LogP contribution < -0.4 is 4.72 Å². The Labute approximate surface area is 116 Å². The molecule has 0 atom stereocenters. The molecule has 0 aliphatic heterocycles. The van der Waals surface area contributed by atoms with Gasteiger partial charge in [-0.05, 0) is 37.1 Å². The van der Waals surface area contributed by atoms with E-state index in [-0.39, 0.29) is 10.5 Å². The summed E-state index contributed by atoms with van der Waals surface area (Å²) < 4.78 is 53.8. The van der Waals surface area contributed by atoms with Crippen LogP contribution in [0.5, 0.6) is 0 Å². The molecule has 2 rings (SSSR count).